The third-order valence-electron chi connectivity index (χ3n) is 4.19. The predicted octanol–water partition coefficient (Wildman–Crippen LogP) is 3.19. The number of hydrogen-bond donors (Lipinski definition) is 2. The SMILES string of the molecule is COc1ccccc1NC(=O)CNC1CCCC(C)CC1. The molecule has 2 unspecified atom stereocenters. The van der Waals surface area contributed by atoms with E-state index in [9.17, 15) is 4.79 Å². The van der Waals surface area contributed by atoms with Gasteiger partial charge in [0, 0.05) is 6.04 Å². The van der Waals surface area contributed by atoms with Crippen LogP contribution in [0.15, 0.2) is 24.3 Å². The highest BCUT2D eigenvalue weighted by Gasteiger charge is 2.16. The van der Waals surface area contributed by atoms with Gasteiger partial charge in [0.05, 0.1) is 19.3 Å². The van der Waals surface area contributed by atoms with E-state index in [4.69, 9.17) is 4.74 Å². The largest absolute Gasteiger partial charge is 0.495 e. The van der Waals surface area contributed by atoms with Crippen molar-refractivity contribution in [2.45, 2.75) is 45.1 Å². The van der Waals surface area contributed by atoms with Crippen molar-refractivity contribution in [1.82, 2.24) is 5.32 Å². The lowest BCUT2D eigenvalue weighted by atomic mass is 10.0. The Balaban J connectivity index is 1.79. The lowest BCUT2D eigenvalue weighted by Crippen LogP contribution is -2.35. The summed E-state index contributed by atoms with van der Waals surface area (Å²) < 4.78 is 5.23. The minimum absolute atomic E-state index is 0.0169. The van der Waals surface area contributed by atoms with Crippen LogP contribution in [0.2, 0.25) is 0 Å². The average molecular weight is 290 g/mol. The monoisotopic (exact) mass is 290 g/mol. The standard InChI is InChI=1S/C17H26N2O2/c1-13-6-5-7-14(11-10-13)18-12-17(20)19-15-8-3-4-9-16(15)21-2/h3-4,8-9,13-14,18H,5-7,10-12H2,1-2H3,(H,19,20). The molecule has 1 aliphatic carbocycles. The van der Waals surface area contributed by atoms with Crippen molar-refractivity contribution in [3.63, 3.8) is 0 Å². The van der Waals surface area contributed by atoms with Gasteiger partial charge in [-0.25, -0.2) is 0 Å². The van der Waals surface area contributed by atoms with E-state index in [2.05, 4.69) is 17.6 Å². The molecule has 0 spiro atoms. The maximum Gasteiger partial charge on any atom is 0.238 e. The number of ether oxygens (including phenoxy) is 1. The molecule has 0 aromatic heterocycles. The van der Waals surface area contributed by atoms with E-state index in [0.717, 1.165) is 11.6 Å². The quantitative estimate of drug-likeness (QED) is 0.819. The fourth-order valence-corrected chi connectivity index (χ4v) is 2.87. The Morgan fingerprint density at radius 3 is 2.86 bits per heavy atom. The van der Waals surface area contributed by atoms with Crippen LogP contribution < -0.4 is 15.4 Å². The molecule has 21 heavy (non-hydrogen) atoms. The third-order valence-corrected chi connectivity index (χ3v) is 4.19. The van der Waals surface area contributed by atoms with E-state index in [1.165, 1.54) is 32.1 Å². The lowest BCUT2D eigenvalue weighted by Gasteiger charge is -2.16. The number of amides is 1. The number of carbonyl (C=O) groups excluding carboxylic acids is 1. The van der Waals surface area contributed by atoms with Crippen LogP contribution in [0.1, 0.15) is 39.0 Å². The molecule has 2 N–H and O–H groups in total. The first-order chi connectivity index (χ1) is 10.2. The molecule has 0 saturated heterocycles. The smallest absolute Gasteiger partial charge is 0.238 e. The highest BCUT2D eigenvalue weighted by molar-refractivity contribution is 5.93. The number of anilines is 1. The zero-order valence-electron chi connectivity index (χ0n) is 13.0. The second-order valence-electron chi connectivity index (χ2n) is 5.94. The van der Waals surface area contributed by atoms with E-state index in [-0.39, 0.29) is 5.91 Å². The highest BCUT2D eigenvalue weighted by Crippen LogP contribution is 2.23. The second-order valence-corrected chi connectivity index (χ2v) is 5.94. The predicted molar refractivity (Wildman–Crippen MR) is 85.7 cm³/mol. The Hall–Kier alpha value is -1.55. The zero-order valence-corrected chi connectivity index (χ0v) is 13.0. The van der Waals surface area contributed by atoms with Gasteiger partial charge in [0.2, 0.25) is 5.91 Å². The number of hydrogen-bond acceptors (Lipinski definition) is 3. The maximum absolute atomic E-state index is 12.0. The molecule has 0 bridgehead atoms. The van der Waals surface area contributed by atoms with Gasteiger partial charge in [-0.05, 0) is 37.3 Å². The van der Waals surface area contributed by atoms with Crippen LogP contribution in [0.25, 0.3) is 0 Å². The van der Waals surface area contributed by atoms with Gasteiger partial charge in [-0.2, -0.15) is 0 Å². The zero-order chi connectivity index (χ0) is 15.1. The van der Waals surface area contributed by atoms with Crippen molar-refractivity contribution in [3.8, 4) is 5.75 Å². The van der Waals surface area contributed by atoms with Crippen LogP contribution in [0, 0.1) is 5.92 Å². The van der Waals surface area contributed by atoms with Gasteiger partial charge < -0.3 is 15.4 Å². The Bertz CT molecular complexity index is 462. The van der Waals surface area contributed by atoms with Crippen LogP contribution in [-0.4, -0.2) is 25.6 Å². The maximum atomic E-state index is 12.0. The lowest BCUT2D eigenvalue weighted by molar-refractivity contribution is -0.115. The van der Waals surface area contributed by atoms with Crippen LogP contribution in [-0.2, 0) is 4.79 Å². The molecule has 0 aliphatic heterocycles. The van der Waals surface area contributed by atoms with Gasteiger partial charge in [-0.15, -0.1) is 0 Å². The summed E-state index contributed by atoms with van der Waals surface area (Å²) in [6, 6.07) is 7.94. The van der Waals surface area contributed by atoms with E-state index < -0.39 is 0 Å². The molecule has 4 nitrogen and oxygen atoms in total. The summed E-state index contributed by atoms with van der Waals surface area (Å²) in [6.07, 6.45) is 6.17. The van der Waals surface area contributed by atoms with Gasteiger partial charge in [0.15, 0.2) is 0 Å². The number of methoxy groups -OCH3 is 1. The van der Waals surface area contributed by atoms with Gasteiger partial charge in [-0.1, -0.05) is 31.9 Å². The van der Waals surface area contributed by atoms with Crippen molar-refractivity contribution in [2.75, 3.05) is 19.0 Å². The summed E-state index contributed by atoms with van der Waals surface area (Å²) in [7, 11) is 1.61. The number of benzene rings is 1. The Morgan fingerprint density at radius 2 is 2.05 bits per heavy atom. The molecule has 1 fully saturated rings. The molecule has 1 aliphatic rings. The minimum Gasteiger partial charge on any atom is -0.495 e. The minimum atomic E-state index is -0.0169. The molecule has 1 saturated carbocycles. The molecule has 1 aromatic carbocycles. The van der Waals surface area contributed by atoms with E-state index in [1.807, 2.05) is 24.3 Å². The number of nitrogens with one attached hydrogen (secondary N) is 2. The molecule has 1 aromatic rings. The molecule has 0 radical (unpaired) electrons. The van der Waals surface area contributed by atoms with Crippen molar-refractivity contribution in [2.24, 2.45) is 5.92 Å². The van der Waals surface area contributed by atoms with Gasteiger partial charge in [-0.3, -0.25) is 4.79 Å². The van der Waals surface area contributed by atoms with Crippen LogP contribution in [0.5, 0.6) is 5.75 Å². The van der Waals surface area contributed by atoms with E-state index in [1.54, 1.807) is 7.11 Å². The molecule has 2 atom stereocenters. The van der Waals surface area contributed by atoms with E-state index >= 15 is 0 Å². The highest BCUT2D eigenvalue weighted by atomic mass is 16.5. The van der Waals surface area contributed by atoms with Crippen molar-refractivity contribution in [3.05, 3.63) is 24.3 Å². The summed E-state index contributed by atoms with van der Waals surface area (Å²) in [5.74, 6) is 1.49. The summed E-state index contributed by atoms with van der Waals surface area (Å²) in [5, 5.41) is 6.29. The molecule has 0 heterocycles. The van der Waals surface area contributed by atoms with Gasteiger partial charge in [0.25, 0.3) is 0 Å². The summed E-state index contributed by atoms with van der Waals surface area (Å²) in [6.45, 7) is 2.67. The molecule has 2 rings (SSSR count). The van der Waals surface area contributed by atoms with Crippen molar-refractivity contribution in [1.29, 1.82) is 0 Å². The summed E-state index contributed by atoms with van der Waals surface area (Å²) in [4.78, 5) is 12.0. The summed E-state index contributed by atoms with van der Waals surface area (Å²) >= 11 is 0. The summed E-state index contributed by atoms with van der Waals surface area (Å²) in [5.41, 5.74) is 0.723. The van der Waals surface area contributed by atoms with E-state index in [0.29, 0.717) is 18.3 Å². The van der Waals surface area contributed by atoms with Gasteiger partial charge >= 0.3 is 0 Å². The molecule has 4 heteroatoms. The van der Waals surface area contributed by atoms with Crippen molar-refractivity contribution < 1.29 is 9.53 Å². The topological polar surface area (TPSA) is 50.4 Å². The number of rotatable bonds is 5. The molecular formula is C17H26N2O2. The second kappa shape index (κ2) is 8.03. The molecule has 1 amide bonds. The Morgan fingerprint density at radius 1 is 1.24 bits per heavy atom. The first kappa shape index (κ1) is 15.8. The van der Waals surface area contributed by atoms with Crippen LogP contribution in [0.3, 0.4) is 0 Å². The van der Waals surface area contributed by atoms with Gasteiger partial charge in [0.1, 0.15) is 5.75 Å². The fraction of sp³-hybridized carbons (Fsp3) is 0.588. The van der Waals surface area contributed by atoms with Crippen LogP contribution >= 0.6 is 0 Å². The first-order valence-electron chi connectivity index (χ1n) is 7.85. The Kier molecular flexibility index (Phi) is 6.05. The normalized spacial score (nSPS) is 22.4. The van der Waals surface area contributed by atoms with Crippen molar-refractivity contribution >= 4 is 11.6 Å². The van der Waals surface area contributed by atoms with Crippen LogP contribution in [0.4, 0.5) is 5.69 Å². The first-order valence-corrected chi connectivity index (χ1v) is 7.85. The Labute approximate surface area is 127 Å². The molecular weight excluding hydrogens is 264 g/mol. The number of carbonyl (C=O) groups is 1. The third kappa shape index (κ3) is 5.05. The molecule has 116 valence electrons. The number of para-hydroxylation sites is 2. The fourth-order valence-electron chi connectivity index (χ4n) is 2.87. The average Bonchev–Trinajstić information content (AvgIpc) is 2.70.